The Morgan fingerprint density at radius 3 is 3.00 bits per heavy atom. The first-order valence-corrected chi connectivity index (χ1v) is 6.24. The Hall–Kier alpha value is -0.940. The van der Waals surface area contributed by atoms with Gasteiger partial charge in [-0.2, -0.15) is 0 Å². The van der Waals surface area contributed by atoms with Gasteiger partial charge in [0.05, 0.1) is 5.92 Å². The summed E-state index contributed by atoms with van der Waals surface area (Å²) in [7, 11) is 0. The maximum atomic E-state index is 13.1. The monoisotopic (exact) mass is 301 g/mol. The third-order valence-electron chi connectivity index (χ3n) is 3.02. The molecule has 0 saturated carbocycles. The van der Waals surface area contributed by atoms with Crippen molar-refractivity contribution in [2.75, 3.05) is 13.1 Å². The van der Waals surface area contributed by atoms with E-state index in [1.807, 2.05) is 4.90 Å². The van der Waals surface area contributed by atoms with Gasteiger partial charge in [0.1, 0.15) is 5.82 Å². The minimum atomic E-state index is -0.745. The van der Waals surface area contributed by atoms with Crippen molar-refractivity contribution in [3.05, 3.63) is 34.1 Å². The molecule has 1 aromatic carbocycles. The van der Waals surface area contributed by atoms with Crippen molar-refractivity contribution in [3.63, 3.8) is 0 Å². The molecule has 1 saturated heterocycles. The third kappa shape index (κ3) is 3.04. The Balaban J connectivity index is 2.02. The van der Waals surface area contributed by atoms with Crippen LogP contribution in [-0.2, 0) is 11.3 Å². The smallest absolute Gasteiger partial charge is 0.307 e. The lowest BCUT2D eigenvalue weighted by Crippen LogP contribution is -2.23. The van der Waals surface area contributed by atoms with Crippen LogP contribution in [0.25, 0.3) is 0 Å². The zero-order chi connectivity index (χ0) is 12.4. The zero-order valence-corrected chi connectivity index (χ0v) is 10.8. The number of likely N-dealkylation sites (tertiary alicyclic amines) is 1. The van der Waals surface area contributed by atoms with Crippen molar-refractivity contribution < 1.29 is 14.3 Å². The molecule has 1 atom stereocenters. The topological polar surface area (TPSA) is 40.5 Å². The summed E-state index contributed by atoms with van der Waals surface area (Å²) in [5, 5.41) is 8.90. The Bertz CT molecular complexity index is 439. The third-order valence-corrected chi connectivity index (χ3v) is 3.80. The molecule has 5 heteroatoms. The molecule has 0 unspecified atom stereocenters. The predicted molar refractivity (Wildman–Crippen MR) is 65.1 cm³/mol. The van der Waals surface area contributed by atoms with Gasteiger partial charge in [0.25, 0.3) is 0 Å². The van der Waals surface area contributed by atoms with E-state index in [9.17, 15) is 9.18 Å². The summed E-state index contributed by atoms with van der Waals surface area (Å²) in [5.74, 6) is -1.30. The first-order valence-electron chi connectivity index (χ1n) is 5.45. The van der Waals surface area contributed by atoms with Gasteiger partial charge < -0.3 is 5.11 Å². The van der Waals surface area contributed by atoms with Gasteiger partial charge >= 0.3 is 5.97 Å². The molecular weight excluding hydrogens is 289 g/mol. The van der Waals surface area contributed by atoms with Crippen LogP contribution in [-0.4, -0.2) is 29.1 Å². The molecule has 2 rings (SSSR count). The van der Waals surface area contributed by atoms with Crippen LogP contribution in [0.2, 0.25) is 0 Å². The molecule has 0 aliphatic carbocycles. The molecular formula is C12H13BrFNO2. The highest BCUT2D eigenvalue weighted by Gasteiger charge is 2.28. The van der Waals surface area contributed by atoms with Crippen LogP contribution in [0.1, 0.15) is 12.0 Å². The number of rotatable bonds is 3. The predicted octanol–water partition coefficient (Wildman–Crippen LogP) is 2.49. The molecule has 0 amide bonds. The Labute approximate surface area is 107 Å². The van der Waals surface area contributed by atoms with Gasteiger partial charge in [-0.05, 0) is 36.7 Å². The molecule has 17 heavy (non-hydrogen) atoms. The SMILES string of the molecule is O=C(O)[C@@H]1CCN(Cc2cc(F)ccc2Br)C1. The van der Waals surface area contributed by atoms with E-state index in [1.165, 1.54) is 12.1 Å². The summed E-state index contributed by atoms with van der Waals surface area (Å²) in [5.41, 5.74) is 0.857. The molecule has 1 aromatic rings. The van der Waals surface area contributed by atoms with Crippen LogP contribution in [0.15, 0.2) is 22.7 Å². The van der Waals surface area contributed by atoms with Gasteiger partial charge in [-0.15, -0.1) is 0 Å². The Morgan fingerprint density at radius 1 is 1.59 bits per heavy atom. The number of carboxylic acids is 1. The van der Waals surface area contributed by atoms with E-state index in [-0.39, 0.29) is 11.7 Å². The molecule has 1 fully saturated rings. The minimum absolute atomic E-state index is 0.266. The molecule has 1 N–H and O–H groups in total. The van der Waals surface area contributed by atoms with Crippen LogP contribution in [0, 0.1) is 11.7 Å². The lowest BCUT2D eigenvalue weighted by molar-refractivity contribution is -0.141. The van der Waals surface area contributed by atoms with Crippen molar-refractivity contribution in [3.8, 4) is 0 Å². The summed E-state index contributed by atoms with van der Waals surface area (Å²) in [6.07, 6.45) is 0.669. The Kier molecular flexibility index (Phi) is 3.79. The number of halogens is 2. The second-order valence-corrected chi connectivity index (χ2v) is 5.15. The van der Waals surface area contributed by atoms with E-state index in [2.05, 4.69) is 15.9 Å². The van der Waals surface area contributed by atoms with E-state index < -0.39 is 5.97 Å². The molecule has 1 aliphatic heterocycles. The summed E-state index contributed by atoms with van der Waals surface area (Å²) in [4.78, 5) is 12.9. The van der Waals surface area contributed by atoms with Gasteiger partial charge in [0, 0.05) is 17.6 Å². The average molecular weight is 302 g/mol. The molecule has 0 bridgehead atoms. The summed E-state index contributed by atoms with van der Waals surface area (Å²) in [6.45, 7) is 1.88. The van der Waals surface area contributed by atoms with E-state index in [0.29, 0.717) is 19.5 Å². The number of carbonyl (C=O) groups is 1. The van der Waals surface area contributed by atoms with Crippen molar-refractivity contribution >= 4 is 21.9 Å². The summed E-state index contributed by atoms with van der Waals surface area (Å²) in [6, 6.07) is 4.56. The van der Waals surface area contributed by atoms with Gasteiger partial charge in [-0.3, -0.25) is 9.69 Å². The summed E-state index contributed by atoms with van der Waals surface area (Å²) >= 11 is 3.37. The van der Waals surface area contributed by atoms with Crippen LogP contribution in [0.4, 0.5) is 4.39 Å². The highest BCUT2D eigenvalue weighted by atomic mass is 79.9. The highest BCUT2D eigenvalue weighted by molar-refractivity contribution is 9.10. The van der Waals surface area contributed by atoms with Gasteiger partial charge in [-0.1, -0.05) is 15.9 Å². The van der Waals surface area contributed by atoms with E-state index >= 15 is 0 Å². The molecule has 3 nitrogen and oxygen atoms in total. The maximum absolute atomic E-state index is 13.1. The normalized spacial score (nSPS) is 20.7. The van der Waals surface area contributed by atoms with Crippen molar-refractivity contribution in [1.29, 1.82) is 0 Å². The molecule has 92 valence electrons. The Morgan fingerprint density at radius 2 is 2.35 bits per heavy atom. The van der Waals surface area contributed by atoms with Crippen LogP contribution in [0.3, 0.4) is 0 Å². The number of aliphatic carboxylic acids is 1. The fraction of sp³-hybridized carbons (Fsp3) is 0.417. The fourth-order valence-corrected chi connectivity index (χ4v) is 2.46. The highest BCUT2D eigenvalue weighted by Crippen LogP contribution is 2.23. The molecule has 0 aromatic heterocycles. The molecule has 0 spiro atoms. The van der Waals surface area contributed by atoms with Crippen molar-refractivity contribution in [1.82, 2.24) is 4.90 Å². The standard InChI is InChI=1S/C12H13BrFNO2/c13-11-2-1-10(14)5-9(11)7-15-4-3-8(6-15)12(16)17/h1-2,5,8H,3-4,6-7H2,(H,16,17)/t8-/m1/s1. The average Bonchev–Trinajstić information content (AvgIpc) is 2.72. The van der Waals surface area contributed by atoms with Crippen LogP contribution < -0.4 is 0 Å². The number of nitrogens with zero attached hydrogens (tertiary/aromatic N) is 1. The second-order valence-electron chi connectivity index (χ2n) is 4.29. The number of hydrogen-bond donors (Lipinski definition) is 1. The van der Waals surface area contributed by atoms with Gasteiger partial charge in [0.15, 0.2) is 0 Å². The molecule has 0 radical (unpaired) electrons. The minimum Gasteiger partial charge on any atom is -0.481 e. The van der Waals surface area contributed by atoms with Gasteiger partial charge in [-0.25, -0.2) is 4.39 Å². The van der Waals surface area contributed by atoms with Crippen LogP contribution >= 0.6 is 15.9 Å². The quantitative estimate of drug-likeness (QED) is 0.932. The van der Waals surface area contributed by atoms with E-state index in [0.717, 1.165) is 16.6 Å². The molecule has 1 heterocycles. The van der Waals surface area contributed by atoms with Crippen molar-refractivity contribution in [2.24, 2.45) is 5.92 Å². The summed E-state index contributed by atoms with van der Waals surface area (Å²) < 4.78 is 14.0. The van der Waals surface area contributed by atoms with Gasteiger partial charge in [0.2, 0.25) is 0 Å². The number of hydrogen-bond acceptors (Lipinski definition) is 2. The largest absolute Gasteiger partial charge is 0.481 e. The molecule has 1 aliphatic rings. The van der Waals surface area contributed by atoms with Crippen molar-refractivity contribution in [2.45, 2.75) is 13.0 Å². The first kappa shape index (κ1) is 12.5. The second kappa shape index (κ2) is 5.14. The maximum Gasteiger partial charge on any atom is 0.307 e. The lowest BCUT2D eigenvalue weighted by atomic mass is 10.1. The van der Waals surface area contributed by atoms with E-state index in [1.54, 1.807) is 6.07 Å². The zero-order valence-electron chi connectivity index (χ0n) is 9.20. The lowest BCUT2D eigenvalue weighted by Gasteiger charge is -2.16. The van der Waals surface area contributed by atoms with Crippen LogP contribution in [0.5, 0.6) is 0 Å². The fourth-order valence-electron chi connectivity index (χ4n) is 2.08. The van der Waals surface area contributed by atoms with E-state index in [4.69, 9.17) is 5.11 Å². The first-order chi connectivity index (χ1) is 8.06. The number of carboxylic acid groups (broad SMARTS) is 1. The number of benzene rings is 1.